The van der Waals surface area contributed by atoms with Gasteiger partial charge < -0.3 is 30.4 Å². The number of hydrogen-bond acceptors (Lipinski definition) is 10. The summed E-state index contributed by atoms with van der Waals surface area (Å²) in [5.74, 6) is 0.0652. The predicted molar refractivity (Wildman–Crippen MR) is 190 cm³/mol. The minimum Gasteiger partial charge on any atom is -0.484 e. The van der Waals surface area contributed by atoms with E-state index in [4.69, 9.17) is 21.7 Å². The maximum Gasteiger partial charge on any atom is 0.338 e. The summed E-state index contributed by atoms with van der Waals surface area (Å²) in [6, 6.07) is 11.6. The van der Waals surface area contributed by atoms with Crippen LogP contribution >= 0.6 is 24.4 Å². The summed E-state index contributed by atoms with van der Waals surface area (Å²) in [6.07, 6.45) is 1.36. The van der Waals surface area contributed by atoms with Gasteiger partial charge in [0.15, 0.2) is 17.4 Å². The number of rotatable bonds is 15. The van der Waals surface area contributed by atoms with E-state index in [0.717, 1.165) is 0 Å². The molecule has 252 valence electrons. The SMILES string of the molecule is CCCn1c(=O)c2[nH]c(-c3ccc(OCC(=O)NCCNC(=S)Nc4cc(N=C=S)cc(C(=O)OCC)c4)cc3)nc2n(CCC)c1=O. The monoisotopic (exact) mass is 692 g/mol. The number of thiocarbonyl (C=S) groups is 2. The molecule has 48 heavy (non-hydrogen) atoms. The van der Waals surface area contributed by atoms with Crippen molar-refractivity contribution in [3.8, 4) is 17.1 Å². The molecule has 0 fully saturated rings. The lowest BCUT2D eigenvalue weighted by atomic mass is 10.1. The van der Waals surface area contributed by atoms with Crippen LogP contribution in [0.5, 0.6) is 5.75 Å². The number of aryl methyl sites for hydroxylation is 1. The molecule has 0 saturated heterocycles. The number of aliphatic imine (C=N–C) groups is 1. The third kappa shape index (κ3) is 9.00. The summed E-state index contributed by atoms with van der Waals surface area (Å²) >= 11 is 10.00. The normalized spacial score (nSPS) is 10.6. The number of imidazole rings is 1. The molecule has 0 bridgehead atoms. The van der Waals surface area contributed by atoms with Gasteiger partial charge in [-0.1, -0.05) is 13.8 Å². The molecule has 0 aliphatic heterocycles. The molecule has 2 aromatic carbocycles. The fourth-order valence-electron chi connectivity index (χ4n) is 4.74. The van der Waals surface area contributed by atoms with Crippen molar-refractivity contribution in [1.29, 1.82) is 0 Å². The molecule has 2 aromatic heterocycles. The van der Waals surface area contributed by atoms with Gasteiger partial charge in [0.25, 0.3) is 11.5 Å². The third-order valence-electron chi connectivity index (χ3n) is 6.85. The summed E-state index contributed by atoms with van der Waals surface area (Å²) in [4.78, 5) is 62.1. The first kappa shape index (κ1) is 35.7. The fourth-order valence-corrected chi connectivity index (χ4v) is 5.07. The molecule has 0 aliphatic carbocycles. The zero-order valence-corrected chi connectivity index (χ0v) is 28.4. The van der Waals surface area contributed by atoms with Crippen LogP contribution in [-0.2, 0) is 22.6 Å². The second kappa shape index (κ2) is 17.1. The van der Waals surface area contributed by atoms with Gasteiger partial charge in [-0.15, -0.1) is 0 Å². The van der Waals surface area contributed by atoms with Crippen molar-refractivity contribution in [3.63, 3.8) is 0 Å². The molecule has 0 aliphatic rings. The molecular weight excluding hydrogens is 657 g/mol. The first-order chi connectivity index (χ1) is 23.2. The summed E-state index contributed by atoms with van der Waals surface area (Å²) in [6.45, 7) is 6.95. The Hall–Kier alpha value is -5.18. The van der Waals surface area contributed by atoms with E-state index in [9.17, 15) is 19.2 Å². The number of benzene rings is 2. The van der Waals surface area contributed by atoms with Crippen molar-refractivity contribution >= 4 is 69.1 Å². The van der Waals surface area contributed by atoms with E-state index in [1.54, 1.807) is 43.3 Å². The highest BCUT2D eigenvalue weighted by Gasteiger charge is 2.17. The molecule has 16 heteroatoms. The zero-order chi connectivity index (χ0) is 34.6. The Morgan fingerprint density at radius 3 is 2.40 bits per heavy atom. The van der Waals surface area contributed by atoms with Gasteiger partial charge in [-0.05, 0) is 86.7 Å². The number of aromatic nitrogens is 4. The molecule has 4 rings (SSSR count). The van der Waals surface area contributed by atoms with Crippen molar-refractivity contribution in [3.05, 3.63) is 68.9 Å². The average molecular weight is 693 g/mol. The quantitative estimate of drug-likeness (QED) is 0.0618. The van der Waals surface area contributed by atoms with E-state index in [1.807, 2.05) is 13.8 Å². The summed E-state index contributed by atoms with van der Waals surface area (Å²) in [5, 5.41) is 11.2. The van der Waals surface area contributed by atoms with Crippen LogP contribution in [0.1, 0.15) is 44.0 Å². The number of nitrogens with one attached hydrogen (secondary N) is 4. The first-order valence-electron chi connectivity index (χ1n) is 15.4. The number of amides is 1. The van der Waals surface area contributed by atoms with Crippen LogP contribution in [0.2, 0.25) is 0 Å². The van der Waals surface area contributed by atoms with Gasteiger partial charge in [-0.3, -0.25) is 18.7 Å². The lowest BCUT2D eigenvalue weighted by Crippen LogP contribution is -2.40. The van der Waals surface area contributed by atoms with Gasteiger partial charge in [0.2, 0.25) is 0 Å². The molecule has 0 spiro atoms. The van der Waals surface area contributed by atoms with Crippen LogP contribution in [0, 0.1) is 0 Å². The van der Waals surface area contributed by atoms with Gasteiger partial charge in [-0.2, -0.15) is 4.99 Å². The molecule has 0 radical (unpaired) electrons. The minimum atomic E-state index is -0.508. The number of esters is 1. The third-order valence-corrected chi connectivity index (χ3v) is 7.19. The Bertz CT molecular complexity index is 1960. The molecule has 0 unspecified atom stereocenters. The van der Waals surface area contributed by atoms with Gasteiger partial charge in [0, 0.05) is 37.4 Å². The minimum absolute atomic E-state index is 0.212. The van der Waals surface area contributed by atoms with Crippen LogP contribution in [0.4, 0.5) is 11.4 Å². The number of isothiocyanates is 1. The highest BCUT2D eigenvalue weighted by Crippen LogP contribution is 2.23. The standard InChI is InChI=1S/C32H36N8O6S2/c1-4-13-39-28-26(29(42)40(14-5-2)32(39)44)37-27(38-28)20-7-9-24(10-8-20)46-18-25(41)33-11-12-34-31(48)36-23-16-21(30(43)45-6-3)15-22(17-23)35-19-47/h7-10,15-17H,4-6,11-14,18H2,1-3H3,(H,33,41)(H,37,38)(H2,34,36,48). The first-order valence-corrected chi connectivity index (χ1v) is 16.2. The lowest BCUT2D eigenvalue weighted by Gasteiger charge is -2.13. The molecular formula is C32H36N8O6S2. The van der Waals surface area contributed by atoms with Gasteiger partial charge in [0.1, 0.15) is 17.1 Å². The Morgan fingerprint density at radius 2 is 1.71 bits per heavy atom. The molecule has 14 nitrogen and oxygen atoms in total. The average Bonchev–Trinajstić information content (AvgIpc) is 3.52. The van der Waals surface area contributed by atoms with Crippen LogP contribution in [-0.4, -0.2) is 67.6 Å². The smallest absolute Gasteiger partial charge is 0.338 e. The predicted octanol–water partition coefficient (Wildman–Crippen LogP) is 3.77. The molecule has 2 heterocycles. The van der Waals surface area contributed by atoms with Crippen molar-refractivity contribution in [2.75, 3.05) is 31.6 Å². The van der Waals surface area contributed by atoms with Gasteiger partial charge in [-0.25, -0.2) is 14.6 Å². The summed E-state index contributed by atoms with van der Waals surface area (Å²) in [5.41, 5.74) is 1.72. The second-order valence-electron chi connectivity index (χ2n) is 10.4. The van der Waals surface area contributed by atoms with Crippen LogP contribution in [0.25, 0.3) is 22.6 Å². The topological polar surface area (TPSA) is 174 Å². The number of carbonyl (C=O) groups is 2. The number of anilines is 1. The van der Waals surface area contributed by atoms with Crippen LogP contribution < -0.4 is 31.9 Å². The number of carbonyl (C=O) groups excluding carboxylic acids is 2. The Labute approximate surface area is 286 Å². The Morgan fingerprint density at radius 1 is 1.00 bits per heavy atom. The van der Waals surface area contributed by atoms with Crippen molar-refractivity contribution in [2.24, 2.45) is 4.99 Å². The molecule has 4 N–H and O–H groups in total. The lowest BCUT2D eigenvalue weighted by molar-refractivity contribution is -0.123. The molecule has 0 atom stereocenters. The van der Waals surface area contributed by atoms with Crippen molar-refractivity contribution < 1.29 is 19.1 Å². The number of aromatic amines is 1. The van der Waals surface area contributed by atoms with Gasteiger partial charge >= 0.3 is 11.7 Å². The number of ether oxygens (including phenoxy) is 2. The van der Waals surface area contributed by atoms with Crippen molar-refractivity contribution in [2.45, 2.75) is 46.7 Å². The number of nitrogens with zero attached hydrogens (tertiary/aromatic N) is 4. The maximum absolute atomic E-state index is 13.0. The van der Waals surface area contributed by atoms with E-state index in [2.05, 4.69) is 48.3 Å². The largest absolute Gasteiger partial charge is 0.484 e. The molecule has 0 saturated carbocycles. The van der Waals surface area contributed by atoms with Crippen LogP contribution in [0.15, 0.2) is 57.0 Å². The summed E-state index contributed by atoms with van der Waals surface area (Å²) in [7, 11) is 0. The van der Waals surface area contributed by atoms with E-state index in [1.165, 1.54) is 15.2 Å². The highest BCUT2D eigenvalue weighted by molar-refractivity contribution is 7.80. The molecule has 4 aromatic rings. The number of H-pyrrole nitrogens is 1. The van der Waals surface area contributed by atoms with Gasteiger partial charge in [0.05, 0.1) is 23.0 Å². The zero-order valence-electron chi connectivity index (χ0n) is 26.8. The van der Waals surface area contributed by atoms with E-state index >= 15 is 0 Å². The Balaban J connectivity index is 1.28. The van der Waals surface area contributed by atoms with Crippen LogP contribution in [0.3, 0.4) is 0 Å². The van der Waals surface area contributed by atoms with Crippen molar-refractivity contribution in [1.82, 2.24) is 29.7 Å². The Kier molecular flexibility index (Phi) is 12.7. The molecule has 1 amide bonds. The summed E-state index contributed by atoms with van der Waals surface area (Å²) < 4.78 is 13.5. The van der Waals surface area contributed by atoms with E-state index in [-0.39, 0.29) is 47.5 Å². The maximum atomic E-state index is 13.0. The number of hydrogen-bond donors (Lipinski definition) is 4. The highest BCUT2D eigenvalue weighted by atomic mass is 32.1. The second-order valence-corrected chi connectivity index (χ2v) is 11.0. The van der Waals surface area contributed by atoms with E-state index < -0.39 is 11.5 Å². The number of fused-ring (bicyclic) bond motifs is 1. The van der Waals surface area contributed by atoms with E-state index in [0.29, 0.717) is 66.6 Å². The fraction of sp³-hybridized carbons (Fsp3) is 0.344.